The second-order valence-corrected chi connectivity index (χ2v) is 8.84. The van der Waals surface area contributed by atoms with Crippen LogP contribution in [0, 0.1) is 0 Å². The van der Waals surface area contributed by atoms with Crippen LogP contribution in [0.25, 0.3) is 11.3 Å². The third kappa shape index (κ3) is 3.61. The van der Waals surface area contributed by atoms with Crippen molar-refractivity contribution in [3.05, 3.63) is 36.3 Å². The Bertz CT molecular complexity index is 878. The van der Waals surface area contributed by atoms with Gasteiger partial charge in [-0.15, -0.1) is 0 Å². The van der Waals surface area contributed by atoms with E-state index in [1.165, 1.54) is 0 Å². The Morgan fingerprint density at radius 2 is 1.90 bits per heavy atom. The van der Waals surface area contributed by atoms with Gasteiger partial charge in [0.25, 0.3) is 0 Å². The maximum atomic E-state index is 12.1. The molecule has 1 amide bonds. The number of carbonyl (C=O) groups excluding carboxylic acids is 1. The quantitative estimate of drug-likeness (QED) is 0.772. The van der Waals surface area contributed by atoms with Gasteiger partial charge in [0.05, 0.1) is 35.7 Å². The zero-order valence-corrected chi connectivity index (χ0v) is 17.6. The van der Waals surface area contributed by atoms with Gasteiger partial charge < -0.3 is 24.9 Å². The van der Waals surface area contributed by atoms with Crippen molar-refractivity contribution < 1.29 is 14.1 Å². The van der Waals surface area contributed by atoms with Gasteiger partial charge in [0, 0.05) is 6.54 Å². The van der Waals surface area contributed by atoms with Gasteiger partial charge in [-0.25, -0.2) is 4.98 Å². The number of likely N-dealkylation sites (tertiary alicyclic amines) is 1. The molecule has 1 aromatic carbocycles. The van der Waals surface area contributed by atoms with E-state index in [1.807, 2.05) is 35.4 Å². The Balaban J connectivity index is 1.50. The van der Waals surface area contributed by atoms with Gasteiger partial charge in [-0.05, 0) is 51.6 Å². The molecule has 0 bridgehead atoms. The second kappa shape index (κ2) is 7.27. The zero-order valence-electron chi connectivity index (χ0n) is 17.6. The third-order valence-corrected chi connectivity index (χ3v) is 6.41. The van der Waals surface area contributed by atoms with E-state index in [0.29, 0.717) is 0 Å². The lowest BCUT2D eigenvalue weighted by atomic mass is 9.79. The highest BCUT2D eigenvalue weighted by Crippen LogP contribution is 2.36. The molecule has 0 radical (unpaired) electrons. The van der Waals surface area contributed by atoms with Gasteiger partial charge in [0.2, 0.25) is 5.91 Å². The van der Waals surface area contributed by atoms with Gasteiger partial charge in [0.15, 0.2) is 0 Å². The molecule has 2 aromatic rings. The molecule has 2 aliphatic heterocycles. The number of H-pyrrole nitrogens is 1. The van der Waals surface area contributed by atoms with Gasteiger partial charge in [-0.1, -0.05) is 24.3 Å². The van der Waals surface area contributed by atoms with E-state index in [0.717, 1.165) is 41.9 Å². The molecule has 3 N–H and O–H groups in total. The average Bonchev–Trinajstić information content (AvgIpc) is 3.39. The molecule has 1 unspecified atom stereocenters. The van der Waals surface area contributed by atoms with Crippen LogP contribution in [-0.2, 0) is 14.1 Å². The molecule has 29 heavy (non-hydrogen) atoms. The molecule has 4 rings (SSSR count). The molecule has 2 fully saturated rings. The minimum atomic E-state index is -0.374. The Hall–Kier alpha value is -2.16. The van der Waals surface area contributed by atoms with E-state index in [-0.39, 0.29) is 36.8 Å². The number of nitrogens with zero attached hydrogens (tertiary/aromatic N) is 2. The Kier molecular flexibility index (Phi) is 5.05. The maximum Gasteiger partial charge on any atom is 0.494 e. The van der Waals surface area contributed by atoms with Crippen LogP contribution >= 0.6 is 0 Å². The van der Waals surface area contributed by atoms with Crippen LogP contribution in [0.1, 0.15) is 52.4 Å². The normalized spacial score (nSPS) is 23.0. The van der Waals surface area contributed by atoms with Gasteiger partial charge in [-0.2, -0.15) is 0 Å². The monoisotopic (exact) mass is 396 g/mol. The highest BCUT2D eigenvalue weighted by molar-refractivity contribution is 6.62. The van der Waals surface area contributed by atoms with Gasteiger partial charge in [-0.3, -0.25) is 4.79 Å². The number of carbonyl (C=O) groups is 1. The van der Waals surface area contributed by atoms with E-state index in [1.54, 1.807) is 0 Å². The van der Waals surface area contributed by atoms with Crippen LogP contribution in [0.5, 0.6) is 0 Å². The fourth-order valence-corrected chi connectivity index (χ4v) is 3.92. The van der Waals surface area contributed by atoms with Crippen LogP contribution in [-0.4, -0.2) is 52.2 Å². The van der Waals surface area contributed by atoms with Crippen LogP contribution in [0.3, 0.4) is 0 Å². The molecule has 0 saturated carbocycles. The third-order valence-electron chi connectivity index (χ3n) is 6.41. The van der Waals surface area contributed by atoms with Crippen molar-refractivity contribution in [2.75, 3.05) is 13.1 Å². The van der Waals surface area contributed by atoms with Crippen molar-refractivity contribution in [2.45, 2.75) is 57.8 Å². The lowest BCUT2D eigenvalue weighted by molar-refractivity contribution is -0.130. The average molecular weight is 396 g/mol. The molecule has 2 saturated heterocycles. The number of hydrogen-bond acceptors (Lipinski definition) is 5. The zero-order chi connectivity index (χ0) is 20.8. The summed E-state index contributed by atoms with van der Waals surface area (Å²) >= 11 is 0. The molecule has 7 nitrogen and oxygen atoms in total. The summed E-state index contributed by atoms with van der Waals surface area (Å²) in [4.78, 5) is 21.8. The van der Waals surface area contributed by atoms with Crippen molar-refractivity contribution in [2.24, 2.45) is 5.73 Å². The summed E-state index contributed by atoms with van der Waals surface area (Å²) in [5.74, 6) is 0.784. The smallest absolute Gasteiger partial charge is 0.399 e. The summed E-state index contributed by atoms with van der Waals surface area (Å²) in [6.45, 7) is 8.97. The van der Waals surface area contributed by atoms with E-state index in [4.69, 9.17) is 15.0 Å². The van der Waals surface area contributed by atoms with Crippen molar-refractivity contribution in [3.8, 4) is 11.3 Å². The number of imidazole rings is 1. The highest BCUT2D eigenvalue weighted by Gasteiger charge is 2.51. The van der Waals surface area contributed by atoms with Crippen LogP contribution in [0.4, 0.5) is 0 Å². The standard InChI is InChI=1S/C21H29BN4O3/c1-20(2)21(3,4)29-22(28-20)15-9-7-14(8-10-15)16-13-24-19(25-16)17-6-5-11-26(17)18(27)12-23/h7-10,13,17H,5-6,11-12,23H2,1-4H3,(H,24,25). The molecular formula is C21H29BN4O3. The molecule has 154 valence electrons. The van der Waals surface area contributed by atoms with Crippen molar-refractivity contribution >= 4 is 18.5 Å². The number of aromatic amines is 1. The molecule has 1 atom stereocenters. The van der Waals surface area contributed by atoms with Gasteiger partial charge in [0.1, 0.15) is 5.82 Å². The van der Waals surface area contributed by atoms with Crippen molar-refractivity contribution in [3.63, 3.8) is 0 Å². The summed E-state index contributed by atoms with van der Waals surface area (Å²) in [7, 11) is -0.374. The topological polar surface area (TPSA) is 93.5 Å². The van der Waals surface area contributed by atoms with Crippen LogP contribution < -0.4 is 11.2 Å². The predicted molar refractivity (Wildman–Crippen MR) is 112 cm³/mol. The molecular weight excluding hydrogens is 367 g/mol. The summed E-state index contributed by atoms with van der Waals surface area (Å²) in [6.07, 6.45) is 3.69. The molecule has 1 aromatic heterocycles. The first kappa shape index (κ1) is 20.1. The lowest BCUT2D eigenvalue weighted by Gasteiger charge is -2.32. The summed E-state index contributed by atoms with van der Waals surface area (Å²) < 4.78 is 12.2. The summed E-state index contributed by atoms with van der Waals surface area (Å²) in [6, 6.07) is 8.10. The molecule has 2 aliphatic rings. The molecule has 3 heterocycles. The minimum absolute atomic E-state index is 0.0242. The van der Waals surface area contributed by atoms with E-state index in [2.05, 4.69) is 37.7 Å². The Labute approximate surface area is 172 Å². The first-order valence-corrected chi connectivity index (χ1v) is 10.2. The number of nitrogens with one attached hydrogen (secondary N) is 1. The Morgan fingerprint density at radius 1 is 1.24 bits per heavy atom. The van der Waals surface area contributed by atoms with E-state index >= 15 is 0 Å². The number of amides is 1. The maximum absolute atomic E-state index is 12.1. The van der Waals surface area contributed by atoms with Gasteiger partial charge >= 0.3 is 7.12 Å². The summed E-state index contributed by atoms with van der Waals surface area (Å²) in [5, 5.41) is 0. The number of rotatable bonds is 4. The predicted octanol–water partition coefficient (Wildman–Crippen LogP) is 2.00. The second-order valence-electron chi connectivity index (χ2n) is 8.84. The fourth-order valence-electron chi connectivity index (χ4n) is 3.92. The highest BCUT2D eigenvalue weighted by atomic mass is 16.7. The summed E-state index contributed by atoms with van der Waals surface area (Å²) in [5.41, 5.74) is 7.77. The minimum Gasteiger partial charge on any atom is -0.399 e. The van der Waals surface area contributed by atoms with Crippen molar-refractivity contribution in [1.29, 1.82) is 0 Å². The Morgan fingerprint density at radius 3 is 2.52 bits per heavy atom. The van der Waals surface area contributed by atoms with Crippen molar-refractivity contribution in [1.82, 2.24) is 14.9 Å². The molecule has 8 heteroatoms. The lowest BCUT2D eigenvalue weighted by Crippen LogP contribution is -2.41. The SMILES string of the molecule is CC1(C)OB(c2ccc(-c3cnc(C4CCCN4C(=O)CN)[nH]3)cc2)OC1(C)C. The molecule has 0 spiro atoms. The van der Waals surface area contributed by atoms with Crippen LogP contribution in [0.15, 0.2) is 30.5 Å². The number of benzene rings is 1. The number of hydrogen-bond donors (Lipinski definition) is 2. The first-order valence-electron chi connectivity index (χ1n) is 10.2. The largest absolute Gasteiger partial charge is 0.494 e. The fraction of sp³-hybridized carbons (Fsp3) is 0.524. The van der Waals surface area contributed by atoms with E-state index in [9.17, 15) is 4.79 Å². The number of aromatic nitrogens is 2. The van der Waals surface area contributed by atoms with Crippen LogP contribution in [0.2, 0.25) is 0 Å². The molecule has 0 aliphatic carbocycles. The number of nitrogens with two attached hydrogens (primary N) is 1. The first-order chi connectivity index (χ1) is 13.7. The van der Waals surface area contributed by atoms with E-state index < -0.39 is 0 Å².